The Labute approximate surface area is 154 Å². The van der Waals surface area contributed by atoms with Crippen LogP contribution in [0.4, 0.5) is 0 Å². The van der Waals surface area contributed by atoms with E-state index >= 15 is 0 Å². The summed E-state index contributed by atoms with van der Waals surface area (Å²) >= 11 is 1.50. The standard InChI is InChI=1S/C18H19N3O4S/c1-4-11-5-12(14(22)6-15(11)25-10(3)18(23)24)16-13(7-19-21-16)17-20-9(2)8-26-17/h5-8,10,22H,4H2,1-3H3,(H,19,21)(H,23,24). The molecular weight excluding hydrogens is 354 g/mol. The fourth-order valence-corrected chi connectivity index (χ4v) is 3.39. The lowest BCUT2D eigenvalue weighted by Crippen LogP contribution is -2.23. The molecule has 2 heterocycles. The van der Waals surface area contributed by atoms with Crippen molar-refractivity contribution in [1.29, 1.82) is 0 Å². The summed E-state index contributed by atoms with van der Waals surface area (Å²) in [4.78, 5) is 15.5. The van der Waals surface area contributed by atoms with Crippen LogP contribution in [0, 0.1) is 6.92 Å². The van der Waals surface area contributed by atoms with Gasteiger partial charge in [-0.15, -0.1) is 11.3 Å². The van der Waals surface area contributed by atoms with Gasteiger partial charge in [0.1, 0.15) is 16.5 Å². The van der Waals surface area contributed by atoms with Gasteiger partial charge in [0.05, 0.1) is 17.5 Å². The number of hydrogen-bond donors (Lipinski definition) is 3. The third kappa shape index (κ3) is 3.41. The zero-order valence-electron chi connectivity index (χ0n) is 14.6. The number of H-pyrrole nitrogens is 1. The summed E-state index contributed by atoms with van der Waals surface area (Å²) in [7, 11) is 0. The number of benzene rings is 1. The maximum Gasteiger partial charge on any atom is 0.344 e. The van der Waals surface area contributed by atoms with Crippen molar-refractivity contribution in [1.82, 2.24) is 15.2 Å². The average molecular weight is 373 g/mol. The van der Waals surface area contributed by atoms with Crippen LogP contribution in [0.25, 0.3) is 21.8 Å². The molecule has 1 atom stereocenters. The largest absolute Gasteiger partial charge is 0.507 e. The fraction of sp³-hybridized carbons (Fsp3) is 0.278. The van der Waals surface area contributed by atoms with Crippen molar-refractivity contribution < 1.29 is 19.7 Å². The first-order chi connectivity index (χ1) is 12.4. The van der Waals surface area contributed by atoms with Gasteiger partial charge in [0.2, 0.25) is 0 Å². The van der Waals surface area contributed by atoms with Crippen LogP contribution in [-0.4, -0.2) is 37.5 Å². The third-order valence-electron chi connectivity index (χ3n) is 3.97. The Morgan fingerprint density at radius 1 is 1.38 bits per heavy atom. The van der Waals surface area contributed by atoms with Crippen molar-refractivity contribution in [2.75, 3.05) is 0 Å². The molecule has 26 heavy (non-hydrogen) atoms. The number of ether oxygens (including phenoxy) is 1. The minimum atomic E-state index is -1.06. The van der Waals surface area contributed by atoms with Crippen LogP contribution in [0.15, 0.2) is 23.7 Å². The summed E-state index contributed by atoms with van der Waals surface area (Å²) in [5.41, 5.74) is 3.73. The molecule has 0 fully saturated rings. The molecule has 0 saturated heterocycles. The lowest BCUT2D eigenvalue weighted by atomic mass is 10.0. The van der Waals surface area contributed by atoms with Gasteiger partial charge < -0.3 is 14.9 Å². The van der Waals surface area contributed by atoms with E-state index in [1.807, 2.05) is 19.2 Å². The molecule has 3 rings (SSSR count). The van der Waals surface area contributed by atoms with Crippen LogP contribution in [0.5, 0.6) is 11.5 Å². The molecule has 0 aliphatic carbocycles. The Morgan fingerprint density at radius 3 is 2.77 bits per heavy atom. The third-order valence-corrected chi connectivity index (χ3v) is 4.96. The molecule has 0 aliphatic rings. The number of aliphatic carboxylic acids is 1. The number of rotatable bonds is 6. The van der Waals surface area contributed by atoms with E-state index in [-0.39, 0.29) is 5.75 Å². The van der Waals surface area contributed by atoms with E-state index in [0.717, 1.165) is 21.8 Å². The number of hydrogen-bond acceptors (Lipinski definition) is 6. The topological polar surface area (TPSA) is 108 Å². The molecule has 0 bridgehead atoms. The molecular formula is C18H19N3O4S. The number of nitrogens with zero attached hydrogens (tertiary/aromatic N) is 2. The zero-order valence-corrected chi connectivity index (χ0v) is 15.4. The van der Waals surface area contributed by atoms with Crippen LogP contribution in [0.2, 0.25) is 0 Å². The Kier molecular flexibility index (Phi) is 4.94. The number of phenols is 1. The molecule has 2 aromatic heterocycles. The zero-order chi connectivity index (χ0) is 18.8. The number of carboxylic acid groups (broad SMARTS) is 1. The Balaban J connectivity index is 2.05. The lowest BCUT2D eigenvalue weighted by Gasteiger charge is -2.16. The minimum Gasteiger partial charge on any atom is -0.507 e. The fourth-order valence-electron chi connectivity index (χ4n) is 2.57. The summed E-state index contributed by atoms with van der Waals surface area (Å²) in [5, 5.41) is 29.3. The maximum absolute atomic E-state index is 11.0. The molecule has 0 radical (unpaired) electrons. The number of nitrogens with one attached hydrogen (secondary N) is 1. The lowest BCUT2D eigenvalue weighted by molar-refractivity contribution is -0.144. The molecule has 1 aromatic carbocycles. The van der Waals surface area contributed by atoms with Crippen molar-refractivity contribution in [3.05, 3.63) is 35.0 Å². The van der Waals surface area contributed by atoms with E-state index in [1.165, 1.54) is 24.3 Å². The summed E-state index contributed by atoms with van der Waals surface area (Å²) < 4.78 is 5.47. The number of aromatic amines is 1. The molecule has 3 aromatic rings. The van der Waals surface area contributed by atoms with Crippen LogP contribution in [0.1, 0.15) is 25.1 Å². The van der Waals surface area contributed by atoms with E-state index in [0.29, 0.717) is 23.4 Å². The van der Waals surface area contributed by atoms with Crippen molar-refractivity contribution in [2.45, 2.75) is 33.3 Å². The Hall–Kier alpha value is -2.87. The van der Waals surface area contributed by atoms with Crippen molar-refractivity contribution in [3.8, 4) is 33.3 Å². The molecule has 0 spiro atoms. The van der Waals surface area contributed by atoms with Crippen LogP contribution >= 0.6 is 11.3 Å². The van der Waals surface area contributed by atoms with Crippen LogP contribution in [0.3, 0.4) is 0 Å². The van der Waals surface area contributed by atoms with Gasteiger partial charge in [0.15, 0.2) is 6.10 Å². The molecule has 3 N–H and O–H groups in total. The second-order valence-corrected chi connectivity index (χ2v) is 6.74. The average Bonchev–Trinajstić information content (AvgIpc) is 3.23. The van der Waals surface area contributed by atoms with E-state index in [9.17, 15) is 9.90 Å². The summed E-state index contributed by atoms with van der Waals surface area (Å²) in [6, 6.07) is 3.24. The highest BCUT2D eigenvalue weighted by atomic mass is 32.1. The maximum atomic E-state index is 11.0. The van der Waals surface area contributed by atoms with Gasteiger partial charge >= 0.3 is 5.97 Å². The number of carbonyl (C=O) groups is 1. The van der Waals surface area contributed by atoms with Gasteiger partial charge in [-0.05, 0) is 31.9 Å². The normalized spacial score (nSPS) is 12.1. The van der Waals surface area contributed by atoms with E-state index in [4.69, 9.17) is 9.84 Å². The predicted octanol–water partition coefficient (Wildman–Crippen LogP) is 3.63. The Bertz CT molecular complexity index is 948. The van der Waals surface area contributed by atoms with Gasteiger partial charge in [0, 0.05) is 22.7 Å². The molecule has 1 unspecified atom stereocenters. The number of phenolic OH excluding ortho intramolecular Hbond substituents is 1. The summed E-state index contributed by atoms with van der Waals surface area (Å²) in [5.74, 6) is -0.728. The number of aromatic nitrogens is 3. The number of thiazole rings is 1. The molecule has 8 heteroatoms. The van der Waals surface area contributed by atoms with Crippen LogP contribution < -0.4 is 4.74 Å². The molecule has 0 aliphatic heterocycles. The van der Waals surface area contributed by atoms with Crippen molar-refractivity contribution in [3.63, 3.8) is 0 Å². The van der Waals surface area contributed by atoms with E-state index in [1.54, 1.807) is 12.3 Å². The SMILES string of the molecule is CCc1cc(-c2[nH]ncc2-c2nc(C)cs2)c(O)cc1OC(C)C(=O)O. The Morgan fingerprint density at radius 2 is 2.15 bits per heavy atom. The first-order valence-electron chi connectivity index (χ1n) is 8.12. The highest BCUT2D eigenvalue weighted by molar-refractivity contribution is 7.13. The number of aryl methyl sites for hydroxylation is 2. The molecule has 7 nitrogen and oxygen atoms in total. The molecule has 0 amide bonds. The van der Waals surface area contributed by atoms with Gasteiger partial charge in [-0.3, -0.25) is 5.10 Å². The van der Waals surface area contributed by atoms with Gasteiger partial charge in [-0.2, -0.15) is 5.10 Å². The minimum absolute atomic E-state index is 0.0198. The van der Waals surface area contributed by atoms with E-state index < -0.39 is 12.1 Å². The summed E-state index contributed by atoms with van der Waals surface area (Å²) in [6.07, 6.45) is 1.29. The van der Waals surface area contributed by atoms with E-state index in [2.05, 4.69) is 15.2 Å². The first kappa shape index (κ1) is 17.9. The first-order valence-corrected chi connectivity index (χ1v) is 9.00. The number of aromatic hydroxyl groups is 1. The quantitative estimate of drug-likeness (QED) is 0.609. The number of carboxylic acids is 1. The monoisotopic (exact) mass is 373 g/mol. The molecule has 0 saturated carbocycles. The highest BCUT2D eigenvalue weighted by Crippen LogP contribution is 2.40. The smallest absolute Gasteiger partial charge is 0.344 e. The predicted molar refractivity (Wildman–Crippen MR) is 98.6 cm³/mol. The second-order valence-electron chi connectivity index (χ2n) is 5.88. The van der Waals surface area contributed by atoms with Gasteiger partial charge in [-0.25, -0.2) is 9.78 Å². The van der Waals surface area contributed by atoms with Crippen LogP contribution in [-0.2, 0) is 11.2 Å². The van der Waals surface area contributed by atoms with Crippen molar-refractivity contribution in [2.24, 2.45) is 0 Å². The van der Waals surface area contributed by atoms with Gasteiger partial charge in [-0.1, -0.05) is 6.92 Å². The summed E-state index contributed by atoms with van der Waals surface area (Å²) in [6.45, 7) is 5.30. The second kappa shape index (κ2) is 7.17. The molecule has 136 valence electrons. The highest BCUT2D eigenvalue weighted by Gasteiger charge is 2.20. The van der Waals surface area contributed by atoms with Gasteiger partial charge in [0.25, 0.3) is 0 Å². The van der Waals surface area contributed by atoms with Crippen molar-refractivity contribution >= 4 is 17.3 Å².